The summed E-state index contributed by atoms with van der Waals surface area (Å²) in [5, 5.41) is 14.0. The van der Waals surface area contributed by atoms with Crippen LogP contribution in [-0.4, -0.2) is 29.0 Å². The summed E-state index contributed by atoms with van der Waals surface area (Å²) in [4.78, 5) is 1.21. The SMILES string of the molecule is CCNC(C)(CO)CC(C)Sc1ccc(Cl)cc1. The maximum Gasteiger partial charge on any atom is 0.0611 e. The number of hydrogen-bond donors (Lipinski definition) is 2. The van der Waals surface area contributed by atoms with Crippen molar-refractivity contribution in [2.24, 2.45) is 0 Å². The zero-order valence-electron chi connectivity index (χ0n) is 11.2. The highest BCUT2D eigenvalue weighted by Gasteiger charge is 2.24. The van der Waals surface area contributed by atoms with E-state index in [2.05, 4.69) is 26.1 Å². The van der Waals surface area contributed by atoms with Crippen molar-refractivity contribution >= 4 is 23.4 Å². The van der Waals surface area contributed by atoms with E-state index in [0.29, 0.717) is 5.25 Å². The van der Waals surface area contributed by atoms with Gasteiger partial charge in [0.05, 0.1) is 6.61 Å². The fourth-order valence-electron chi connectivity index (χ4n) is 2.04. The number of thioether (sulfide) groups is 1. The van der Waals surface area contributed by atoms with Crippen LogP contribution in [0.4, 0.5) is 0 Å². The summed E-state index contributed by atoms with van der Waals surface area (Å²) in [7, 11) is 0. The molecule has 0 bridgehead atoms. The van der Waals surface area contributed by atoms with Crippen LogP contribution in [0.2, 0.25) is 5.02 Å². The molecule has 0 aliphatic heterocycles. The lowest BCUT2D eigenvalue weighted by atomic mass is 9.97. The summed E-state index contributed by atoms with van der Waals surface area (Å²) < 4.78 is 0. The molecule has 0 aliphatic rings. The van der Waals surface area contributed by atoms with Gasteiger partial charge in [-0.15, -0.1) is 11.8 Å². The number of hydrogen-bond acceptors (Lipinski definition) is 3. The summed E-state index contributed by atoms with van der Waals surface area (Å²) in [6.07, 6.45) is 0.921. The largest absolute Gasteiger partial charge is 0.394 e. The number of benzene rings is 1. The normalized spacial score (nSPS) is 16.3. The van der Waals surface area contributed by atoms with Gasteiger partial charge < -0.3 is 10.4 Å². The van der Waals surface area contributed by atoms with E-state index < -0.39 is 0 Å². The highest BCUT2D eigenvalue weighted by atomic mass is 35.5. The summed E-state index contributed by atoms with van der Waals surface area (Å²) >= 11 is 7.68. The third-order valence-electron chi connectivity index (χ3n) is 2.84. The Morgan fingerprint density at radius 2 is 2.00 bits per heavy atom. The first-order valence-electron chi connectivity index (χ1n) is 6.27. The van der Waals surface area contributed by atoms with Crippen molar-refractivity contribution < 1.29 is 5.11 Å². The minimum absolute atomic E-state index is 0.159. The number of aliphatic hydroxyl groups is 1. The molecule has 18 heavy (non-hydrogen) atoms. The van der Waals surface area contributed by atoms with Crippen molar-refractivity contribution in [3.63, 3.8) is 0 Å². The first-order chi connectivity index (χ1) is 8.49. The Morgan fingerprint density at radius 3 is 2.50 bits per heavy atom. The fourth-order valence-corrected chi connectivity index (χ4v) is 3.38. The van der Waals surface area contributed by atoms with Crippen molar-refractivity contribution in [3.05, 3.63) is 29.3 Å². The van der Waals surface area contributed by atoms with Crippen molar-refractivity contribution in [1.29, 1.82) is 0 Å². The van der Waals surface area contributed by atoms with E-state index >= 15 is 0 Å². The van der Waals surface area contributed by atoms with Crippen LogP contribution < -0.4 is 5.32 Å². The van der Waals surface area contributed by atoms with Crippen LogP contribution in [0.3, 0.4) is 0 Å². The highest BCUT2D eigenvalue weighted by Crippen LogP contribution is 2.29. The van der Waals surface area contributed by atoms with Gasteiger partial charge in [0.25, 0.3) is 0 Å². The van der Waals surface area contributed by atoms with Crippen LogP contribution in [0.5, 0.6) is 0 Å². The zero-order valence-corrected chi connectivity index (χ0v) is 12.8. The number of likely N-dealkylation sites (N-methyl/N-ethyl adjacent to an activating group) is 1. The second-order valence-corrected chi connectivity index (χ2v) is 6.78. The quantitative estimate of drug-likeness (QED) is 0.752. The molecular weight excluding hydrogens is 266 g/mol. The molecule has 0 amide bonds. The Morgan fingerprint density at radius 1 is 1.39 bits per heavy atom. The monoisotopic (exact) mass is 287 g/mol. The fraction of sp³-hybridized carbons (Fsp3) is 0.571. The van der Waals surface area contributed by atoms with Gasteiger partial charge in [0, 0.05) is 20.7 Å². The minimum Gasteiger partial charge on any atom is -0.394 e. The first-order valence-corrected chi connectivity index (χ1v) is 7.53. The smallest absolute Gasteiger partial charge is 0.0611 e. The molecule has 0 saturated carbocycles. The van der Waals surface area contributed by atoms with Gasteiger partial charge in [-0.2, -0.15) is 0 Å². The predicted octanol–water partition coefficient (Wildman–Crippen LogP) is 3.57. The average molecular weight is 288 g/mol. The van der Waals surface area contributed by atoms with Crippen molar-refractivity contribution in [3.8, 4) is 0 Å². The van der Waals surface area contributed by atoms with Crippen LogP contribution in [0.15, 0.2) is 29.2 Å². The van der Waals surface area contributed by atoms with E-state index in [1.165, 1.54) is 4.90 Å². The molecule has 0 radical (unpaired) electrons. The molecule has 1 aromatic carbocycles. The highest BCUT2D eigenvalue weighted by molar-refractivity contribution is 7.99. The van der Waals surface area contributed by atoms with Gasteiger partial charge in [0.1, 0.15) is 0 Å². The van der Waals surface area contributed by atoms with Gasteiger partial charge >= 0.3 is 0 Å². The lowest BCUT2D eigenvalue weighted by Crippen LogP contribution is -2.47. The average Bonchev–Trinajstić information content (AvgIpc) is 2.32. The van der Waals surface area contributed by atoms with E-state index in [1.54, 1.807) is 0 Å². The Bertz CT molecular complexity index is 357. The maximum atomic E-state index is 9.48. The van der Waals surface area contributed by atoms with Gasteiger partial charge in [0.15, 0.2) is 0 Å². The number of halogens is 1. The van der Waals surface area contributed by atoms with Crippen LogP contribution in [0.1, 0.15) is 27.2 Å². The van der Waals surface area contributed by atoms with E-state index in [4.69, 9.17) is 11.6 Å². The van der Waals surface area contributed by atoms with Crippen LogP contribution in [-0.2, 0) is 0 Å². The molecule has 0 aliphatic carbocycles. The van der Waals surface area contributed by atoms with E-state index in [1.807, 2.05) is 36.0 Å². The lowest BCUT2D eigenvalue weighted by molar-refractivity contribution is 0.168. The zero-order chi connectivity index (χ0) is 13.6. The van der Waals surface area contributed by atoms with E-state index in [0.717, 1.165) is 18.0 Å². The standard InChI is InChI=1S/C14H22ClNOS/c1-4-16-14(3,10-17)9-11(2)18-13-7-5-12(15)6-8-13/h5-8,11,16-17H,4,9-10H2,1-3H3. The number of aliphatic hydroxyl groups excluding tert-OH is 1. The molecular formula is C14H22ClNOS. The maximum absolute atomic E-state index is 9.48. The summed E-state index contributed by atoms with van der Waals surface area (Å²) in [5.74, 6) is 0. The molecule has 0 saturated heterocycles. The molecule has 1 aromatic rings. The van der Waals surface area contributed by atoms with Gasteiger partial charge in [-0.1, -0.05) is 25.4 Å². The Balaban J connectivity index is 2.54. The molecule has 2 unspecified atom stereocenters. The molecule has 0 spiro atoms. The molecule has 1 rings (SSSR count). The number of rotatable bonds is 7. The van der Waals surface area contributed by atoms with Gasteiger partial charge in [0.2, 0.25) is 0 Å². The number of nitrogens with one attached hydrogen (secondary N) is 1. The lowest BCUT2D eigenvalue weighted by Gasteiger charge is -2.31. The van der Waals surface area contributed by atoms with Crippen molar-refractivity contribution in [2.75, 3.05) is 13.2 Å². The topological polar surface area (TPSA) is 32.3 Å². The Kier molecular flexibility index (Phi) is 6.50. The second-order valence-electron chi connectivity index (χ2n) is 4.84. The van der Waals surface area contributed by atoms with E-state index in [-0.39, 0.29) is 12.1 Å². The Labute approximate surface area is 119 Å². The molecule has 102 valence electrons. The van der Waals surface area contributed by atoms with E-state index in [9.17, 15) is 5.11 Å². The summed E-state index contributed by atoms with van der Waals surface area (Å²) in [6.45, 7) is 7.34. The summed E-state index contributed by atoms with van der Waals surface area (Å²) in [6, 6.07) is 7.89. The van der Waals surface area contributed by atoms with Gasteiger partial charge in [-0.3, -0.25) is 0 Å². The second kappa shape index (κ2) is 7.39. The van der Waals surface area contributed by atoms with Crippen LogP contribution in [0.25, 0.3) is 0 Å². The van der Waals surface area contributed by atoms with Gasteiger partial charge in [-0.25, -0.2) is 0 Å². The first kappa shape index (κ1) is 15.8. The third kappa shape index (κ3) is 5.19. The third-order valence-corrected chi connectivity index (χ3v) is 4.21. The molecule has 0 aromatic heterocycles. The molecule has 0 fully saturated rings. The summed E-state index contributed by atoms with van der Waals surface area (Å²) in [5.41, 5.74) is -0.201. The van der Waals surface area contributed by atoms with Crippen LogP contribution in [0, 0.1) is 0 Å². The van der Waals surface area contributed by atoms with Gasteiger partial charge in [-0.05, 0) is 44.2 Å². The molecule has 0 heterocycles. The predicted molar refractivity (Wildman–Crippen MR) is 80.6 cm³/mol. The molecule has 2 N–H and O–H groups in total. The molecule has 2 nitrogen and oxygen atoms in total. The molecule has 4 heteroatoms. The van der Waals surface area contributed by atoms with Crippen molar-refractivity contribution in [1.82, 2.24) is 5.32 Å². The Hall–Kier alpha value is -0.220. The van der Waals surface area contributed by atoms with Crippen LogP contribution >= 0.6 is 23.4 Å². The minimum atomic E-state index is -0.201. The molecule has 2 atom stereocenters. The van der Waals surface area contributed by atoms with Crippen molar-refractivity contribution in [2.45, 2.75) is 42.9 Å².